The summed E-state index contributed by atoms with van der Waals surface area (Å²) in [6.07, 6.45) is 16.0. The fourth-order valence-corrected chi connectivity index (χ4v) is 3.69. The molecule has 0 bridgehead atoms. The van der Waals surface area contributed by atoms with Crippen LogP contribution in [0.3, 0.4) is 0 Å². The van der Waals surface area contributed by atoms with Gasteiger partial charge in [0, 0.05) is 13.1 Å². The average Bonchev–Trinajstić information content (AvgIpc) is 2.67. The third-order valence-electron chi connectivity index (χ3n) is 5.01. The van der Waals surface area contributed by atoms with Crippen molar-refractivity contribution in [3.05, 3.63) is 83.7 Å². The van der Waals surface area contributed by atoms with Gasteiger partial charge in [0.15, 0.2) is 5.76 Å². The highest BCUT2D eigenvalue weighted by molar-refractivity contribution is 5.30. The van der Waals surface area contributed by atoms with Crippen molar-refractivity contribution >= 4 is 0 Å². The number of hydrogen-bond donors (Lipinski definition) is 0. The van der Waals surface area contributed by atoms with Crippen LogP contribution in [0.15, 0.2) is 72.6 Å². The molecular formula is C21H23NO2. The van der Waals surface area contributed by atoms with Gasteiger partial charge in [0.2, 0.25) is 0 Å². The van der Waals surface area contributed by atoms with Crippen molar-refractivity contribution in [2.24, 2.45) is 0 Å². The maximum absolute atomic E-state index is 5.79. The first-order chi connectivity index (χ1) is 11.9. The van der Waals surface area contributed by atoms with Crippen LogP contribution in [0.4, 0.5) is 0 Å². The van der Waals surface area contributed by atoms with E-state index in [1.54, 1.807) is 18.8 Å². The first-order valence-corrected chi connectivity index (χ1v) is 8.73. The van der Waals surface area contributed by atoms with E-state index in [0.29, 0.717) is 0 Å². The minimum absolute atomic E-state index is 0.223. The fraction of sp³-hybridized carbons (Fsp3) is 0.333. The summed E-state index contributed by atoms with van der Waals surface area (Å²) in [5.41, 5.74) is 4.39. The van der Waals surface area contributed by atoms with Crippen LogP contribution < -0.4 is 0 Å². The van der Waals surface area contributed by atoms with Crippen LogP contribution in [0.25, 0.3) is 0 Å². The number of hydrogen-bond acceptors (Lipinski definition) is 3. The molecule has 3 heteroatoms. The van der Waals surface area contributed by atoms with Crippen molar-refractivity contribution in [1.29, 1.82) is 0 Å². The van der Waals surface area contributed by atoms with Crippen molar-refractivity contribution in [3.8, 4) is 0 Å². The molecule has 1 atom stereocenters. The number of benzene rings is 1. The van der Waals surface area contributed by atoms with Crippen LogP contribution in [-0.4, -0.2) is 17.5 Å². The van der Waals surface area contributed by atoms with Gasteiger partial charge in [-0.05, 0) is 36.8 Å². The number of rotatable bonds is 4. The Kier molecular flexibility index (Phi) is 4.52. The van der Waals surface area contributed by atoms with Gasteiger partial charge in [-0.3, -0.25) is 4.90 Å². The predicted molar refractivity (Wildman–Crippen MR) is 94.8 cm³/mol. The van der Waals surface area contributed by atoms with Crippen molar-refractivity contribution in [3.63, 3.8) is 0 Å². The zero-order valence-corrected chi connectivity index (χ0v) is 13.9. The van der Waals surface area contributed by atoms with E-state index in [1.165, 1.54) is 16.7 Å². The second kappa shape index (κ2) is 7.10. The molecule has 1 aromatic carbocycles. The van der Waals surface area contributed by atoms with Crippen molar-refractivity contribution < 1.29 is 9.47 Å². The second-order valence-electron chi connectivity index (χ2n) is 6.55. The molecule has 0 saturated carbocycles. The van der Waals surface area contributed by atoms with Crippen LogP contribution >= 0.6 is 0 Å². The van der Waals surface area contributed by atoms with E-state index in [1.807, 2.05) is 0 Å². The SMILES string of the molecule is C1=CCCC(CC(C2=COC=CO2)N2CCc3ccccc3C2)=C1. The molecule has 1 aliphatic carbocycles. The minimum Gasteiger partial charge on any atom is -0.466 e. The largest absolute Gasteiger partial charge is 0.466 e. The molecule has 1 aromatic rings. The topological polar surface area (TPSA) is 21.7 Å². The molecular weight excluding hydrogens is 298 g/mol. The van der Waals surface area contributed by atoms with Gasteiger partial charge in [-0.2, -0.15) is 0 Å². The normalized spacial score (nSPS) is 21.2. The van der Waals surface area contributed by atoms with Gasteiger partial charge in [0.1, 0.15) is 18.8 Å². The van der Waals surface area contributed by atoms with Crippen LogP contribution in [0.1, 0.15) is 30.4 Å². The lowest BCUT2D eigenvalue weighted by Crippen LogP contribution is -2.41. The van der Waals surface area contributed by atoms with E-state index in [0.717, 1.165) is 44.5 Å². The zero-order valence-electron chi connectivity index (χ0n) is 13.9. The van der Waals surface area contributed by atoms with E-state index in [4.69, 9.17) is 9.47 Å². The van der Waals surface area contributed by atoms with Crippen LogP contribution in [-0.2, 0) is 22.4 Å². The smallest absolute Gasteiger partial charge is 0.156 e. The molecule has 24 heavy (non-hydrogen) atoms. The minimum atomic E-state index is 0.223. The van der Waals surface area contributed by atoms with Crippen LogP contribution in [0, 0.1) is 0 Å². The fourth-order valence-electron chi connectivity index (χ4n) is 3.69. The lowest BCUT2D eigenvalue weighted by Gasteiger charge is -2.37. The van der Waals surface area contributed by atoms with Crippen molar-refractivity contribution in [2.45, 2.75) is 38.3 Å². The van der Waals surface area contributed by atoms with Crippen molar-refractivity contribution in [2.75, 3.05) is 6.54 Å². The molecule has 0 fully saturated rings. The zero-order chi connectivity index (χ0) is 16.2. The number of allylic oxidation sites excluding steroid dienone is 3. The molecule has 3 nitrogen and oxygen atoms in total. The molecule has 0 N–H and O–H groups in total. The highest BCUT2D eigenvalue weighted by atomic mass is 16.5. The molecule has 2 heterocycles. The average molecular weight is 321 g/mol. The third kappa shape index (κ3) is 3.31. The van der Waals surface area contributed by atoms with E-state index < -0.39 is 0 Å². The first kappa shape index (κ1) is 15.3. The highest BCUT2D eigenvalue weighted by Crippen LogP contribution is 2.30. The molecule has 3 aliphatic rings. The second-order valence-corrected chi connectivity index (χ2v) is 6.55. The molecule has 0 spiro atoms. The maximum Gasteiger partial charge on any atom is 0.156 e. The standard InChI is InChI=1S/C21H23NO2/c1-2-6-17(7-3-1)14-20(21-16-23-12-13-24-21)22-11-10-18-8-4-5-9-19(18)15-22/h1-2,4-6,8-9,12-13,16,20H,3,7,10-11,14-15H2. The van der Waals surface area contributed by atoms with E-state index >= 15 is 0 Å². The molecule has 0 radical (unpaired) electrons. The van der Waals surface area contributed by atoms with E-state index in [9.17, 15) is 0 Å². The molecule has 0 saturated heterocycles. The summed E-state index contributed by atoms with van der Waals surface area (Å²) in [7, 11) is 0. The Bertz CT molecular complexity index is 714. The molecule has 2 aliphatic heterocycles. The van der Waals surface area contributed by atoms with Gasteiger partial charge in [-0.1, -0.05) is 48.1 Å². The Hall–Kier alpha value is -2.26. The van der Waals surface area contributed by atoms with Gasteiger partial charge in [0.05, 0.1) is 6.04 Å². The lowest BCUT2D eigenvalue weighted by atomic mass is 9.93. The van der Waals surface area contributed by atoms with Gasteiger partial charge < -0.3 is 9.47 Å². The number of ether oxygens (including phenoxy) is 2. The Morgan fingerprint density at radius 1 is 1.08 bits per heavy atom. The molecule has 0 amide bonds. The summed E-state index contributed by atoms with van der Waals surface area (Å²) in [6, 6.07) is 8.98. The van der Waals surface area contributed by atoms with Crippen molar-refractivity contribution in [1.82, 2.24) is 4.90 Å². The summed E-state index contributed by atoms with van der Waals surface area (Å²) in [4.78, 5) is 2.52. The summed E-state index contributed by atoms with van der Waals surface area (Å²) in [5.74, 6) is 0.910. The van der Waals surface area contributed by atoms with E-state index in [-0.39, 0.29) is 6.04 Å². The van der Waals surface area contributed by atoms with Crippen LogP contribution in [0.2, 0.25) is 0 Å². The third-order valence-corrected chi connectivity index (χ3v) is 5.01. The van der Waals surface area contributed by atoms with Gasteiger partial charge in [-0.25, -0.2) is 0 Å². The molecule has 4 rings (SSSR count). The van der Waals surface area contributed by atoms with Gasteiger partial charge in [0.25, 0.3) is 0 Å². The summed E-state index contributed by atoms with van der Waals surface area (Å²) >= 11 is 0. The molecule has 124 valence electrons. The Balaban J connectivity index is 1.57. The van der Waals surface area contributed by atoms with E-state index in [2.05, 4.69) is 47.4 Å². The predicted octanol–water partition coefficient (Wildman–Crippen LogP) is 4.44. The summed E-state index contributed by atoms with van der Waals surface area (Å²) in [6.45, 7) is 2.02. The Morgan fingerprint density at radius 2 is 2.00 bits per heavy atom. The monoisotopic (exact) mass is 321 g/mol. The van der Waals surface area contributed by atoms with Gasteiger partial charge >= 0.3 is 0 Å². The highest BCUT2D eigenvalue weighted by Gasteiger charge is 2.29. The molecule has 1 unspecified atom stereocenters. The number of nitrogens with zero attached hydrogens (tertiary/aromatic N) is 1. The first-order valence-electron chi connectivity index (χ1n) is 8.73. The Morgan fingerprint density at radius 3 is 2.79 bits per heavy atom. The van der Waals surface area contributed by atoms with Crippen LogP contribution in [0.5, 0.6) is 0 Å². The quantitative estimate of drug-likeness (QED) is 0.818. The molecule has 0 aromatic heterocycles. The summed E-state index contributed by atoms with van der Waals surface area (Å²) in [5, 5.41) is 0. The maximum atomic E-state index is 5.79. The summed E-state index contributed by atoms with van der Waals surface area (Å²) < 4.78 is 11.2. The Labute approximate surface area is 143 Å². The lowest BCUT2D eigenvalue weighted by molar-refractivity contribution is 0.132. The number of fused-ring (bicyclic) bond motifs is 1. The van der Waals surface area contributed by atoms with Gasteiger partial charge in [-0.15, -0.1) is 0 Å².